The highest BCUT2D eigenvalue weighted by Crippen LogP contribution is 2.57. The predicted molar refractivity (Wildman–Crippen MR) is 241 cm³/mol. The third-order valence-electron chi connectivity index (χ3n) is 12.2. The molecule has 0 fully saturated rings. The first-order valence-electron chi connectivity index (χ1n) is 20.2. The highest BCUT2D eigenvalue weighted by Gasteiger charge is 2.33. The molecule has 2 aromatic heterocycles. The molecule has 0 spiro atoms. The molecule has 12 rings (SSSR count). The zero-order chi connectivity index (χ0) is 38.2. The number of benzene rings is 8. The van der Waals surface area contributed by atoms with E-state index >= 15 is 0 Å². The molecule has 0 aliphatic heterocycles. The lowest BCUT2D eigenvalue weighted by Gasteiger charge is -2.21. The first-order valence-corrected chi connectivity index (χ1v) is 20.2. The van der Waals surface area contributed by atoms with Crippen LogP contribution in [0.4, 0.5) is 0 Å². The molecule has 0 unspecified atom stereocenters. The average molecular weight is 737 g/mol. The van der Waals surface area contributed by atoms with Crippen molar-refractivity contribution in [3.05, 3.63) is 206 Å². The van der Waals surface area contributed by atoms with Crippen LogP contribution in [0.15, 0.2) is 194 Å². The van der Waals surface area contributed by atoms with Crippen LogP contribution >= 0.6 is 0 Å². The zero-order valence-corrected chi connectivity index (χ0v) is 31.8. The summed E-state index contributed by atoms with van der Waals surface area (Å²) in [5.41, 5.74) is 21.3. The monoisotopic (exact) mass is 736 g/mol. The molecule has 58 heavy (non-hydrogen) atoms. The van der Waals surface area contributed by atoms with Crippen LogP contribution in [0.2, 0.25) is 0 Å². The molecule has 8 aromatic carbocycles. The highest BCUT2D eigenvalue weighted by molar-refractivity contribution is 6.22. The third-order valence-corrected chi connectivity index (χ3v) is 12.2. The molecule has 270 valence electrons. The minimum absolute atomic E-state index is 0.709. The van der Waals surface area contributed by atoms with Crippen molar-refractivity contribution in [2.24, 2.45) is 0 Å². The van der Waals surface area contributed by atoms with E-state index in [4.69, 9.17) is 9.97 Å². The Labute approximate surface area is 337 Å². The number of pyridine rings is 2. The van der Waals surface area contributed by atoms with Crippen LogP contribution in [-0.4, -0.2) is 9.97 Å². The van der Waals surface area contributed by atoms with E-state index in [1.54, 1.807) is 0 Å². The Morgan fingerprint density at radius 3 is 0.914 bits per heavy atom. The van der Waals surface area contributed by atoms with Gasteiger partial charge in [0.05, 0.1) is 11.4 Å². The van der Waals surface area contributed by atoms with Crippen molar-refractivity contribution in [3.63, 3.8) is 0 Å². The Hall–Kier alpha value is -7.42. The summed E-state index contributed by atoms with van der Waals surface area (Å²) in [6, 6.07) is 70.2. The van der Waals surface area contributed by atoms with Gasteiger partial charge in [-0.3, -0.25) is 9.97 Å². The van der Waals surface area contributed by atoms with E-state index in [-0.39, 0.29) is 0 Å². The van der Waals surface area contributed by atoms with E-state index in [2.05, 4.69) is 194 Å². The van der Waals surface area contributed by atoms with Crippen LogP contribution in [-0.2, 0) is 12.8 Å². The second-order valence-electron chi connectivity index (χ2n) is 15.4. The normalized spacial score (nSPS) is 11.9. The summed E-state index contributed by atoms with van der Waals surface area (Å²) in [5, 5.41) is 5.12. The smallest absolute Gasteiger partial charge is 0.0790 e. The summed E-state index contributed by atoms with van der Waals surface area (Å²) in [5.74, 6) is 0. The Morgan fingerprint density at radius 1 is 0.259 bits per heavy atom. The molecule has 0 amide bonds. The number of fused-ring (bicyclic) bond motifs is 6. The van der Waals surface area contributed by atoms with Gasteiger partial charge in [0, 0.05) is 55.9 Å². The van der Waals surface area contributed by atoms with Gasteiger partial charge in [-0.1, -0.05) is 194 Å². The number of aromatic nitrogens is 2. The first kappa shape index (κ1) is 32.8. The molecule has 2 nitrogen and oxygen atoms in total. The van der Waals surface area contributed by atoms with Crippen LogP contribution in [0.5, 0.6) is 0 Å². The van der Waals surface area contributed by atoms with Crippen LogP contribution in [0.1, 0.15) is 11.4 Å². The fourth-order valence-corrected chi connectivity index (χ4v) is 9.89. The van der Waals surface area contributed by atoms with Gasteiger partial charge >= 0.3 is 0 Å². The van der Waals surface area contributed by atoms with E-state index in [9.17, 15) is 0 Å². The zero-order valence-electron chi connectivity index (χ0n) is 31.8. The summed E-state index contributed by atoms with van der Waals surface area (Å²) >= 11 is 0. The SMILES string of the molecule is c1ccc(-c2nc(CCc3nc(-c4ccccc4)c4c(c3-c3ccccc3)-c3cccc5cccc-4c35)c(-c3ccccc3)c3c2-c2cccc4cccc-3c24)cc1. The molecule has 0 radical (unpaired) electrons. The molecule has 0 N–H and O–H groups in total. The minimum Gasteiger partial charge on any atom is -0.251 e. The summed E-state index contributed by atoms with van der Waals surface area (Å²) in [4.78, 5) is 11.5. The second kappa shape index (κ2) is 13.1. The van der Waals surface area contributed by atoms with Gasteiger partial charge in [0.25, 0.3) is 0 Å². The minimum atomic E-state index is 0.709. The van der Waals surface area contributed by atoms with Gasteiger partial charge in [-0.2, -0.15) is 0 Å². The lowest BCUT2D eigenvalue weighted by molar-refractivity contribution is 0.889. The summed E-state index contributed by atoms with van der Waals surface area (Å²) < 4.78 is 0. The van der Waals surface area contributed by atoms with Gasteiger partial charge in [0.1, 0.15) is 0 Å². The van der Waals surface area contributed by atoms with E-state index < -0.39 is 0 Å². The summed E-state index contributed by atoms with van der Waals surface area (Å²) in [6.07, 6.45) is 1.42. The molecule has 10 aromatic rings. The van der Waals surface area contributed by atoms with Crippen LogP contribution in [0, 0.1) is 0 Å². The van der Waals surface area contributed by atoms with Crippen molar-refractivity contribution < 1.29 is 0 Å². The van der Waals surface area contributed by atoms with Gasteiger partial charge in [-0.25, -0.2) is 0 Å². The highest BCUT2D eigenvalue weighted by atomic mass is 14.8. The summed E-state index contributed by atoms with van der Waals surface area (Å²) in [6.45, 7) is 0. The standard InChI is InChI=1S/C56H36N2/c1-5-17-37(18-6-1)49-45(57-55(39-21-9-3-10-22-39)53-43-31-15-27-35-25-13-29-41(47(35)43)51(49)53)33-34-46-50(38-19-7-2-8-20-38)52-42-30-14-26-36-28-16-32-44(48(36)42)54(52)56(58-46)40-23-11-4-12-24-40/h1-32H,33-34H2. The molecule has 2 heteroatoms. The Bertz CT molecular complexity index is 3010. The van der Waals surface area contributed by atoms with Gasteiger partial charge < -0.3 is 0 Å². The van der Waals surface area contributed by atoms with Crippen molar-refractivity contribution in [2.75, 3.05) is 0 Å². The topological polar surface area (TPSA) is 25.8 Å². The maximum absolute atomic E-state index is 5.77. The van der Waals surface area contributed by atoms with E-state index in [0.717, 1.165) is 33.9 Å². The van der Waals surface area contributed by atoms with Crippen molar-refractivity contribution in [2.45, 2.75) is 12.8 Å². The maximum atomic E-state index is 5.77. The largest absolute Gasteiger partial charge is 0.251 e. The third kappa shape index (κ3) is 4.92. The van der Waals surface area contributed by atoms with Crippen molar-refractivity contribution in [1.82, 2.24) is 9.97 Å². The number of nitrogens with zero attached hydrogens (tertiary/aromatic N) is 2. The van der Waals surface area contributed by atoms with Gasteiger partial charge in [0.15, 0.2) is 0 Å². The fraction of sp³-hybridized carbons (Fsp3) is 0.0357. The summed E-state index contributed by atoms with van der Waals surface area (Å²) in [7, 11) is 0. The molecular formula is C56H36N2. The first-order chi connectivity index (χ1) is 28.8. The Kier molecular flexibility index (Phi) is 7.39. The van der Waals surface area contributed by atoms with E-state index in [0.29, 0.717) is 12.8 Å². The van der Waals surface area contributed by atoms with Crippen LogP contribution in [0.3, 0.4) is 0 Å². The lowest BCUT2D eigenvalue weighted by atomic mass is 9.86. The molecular weight excluding hydrogens is 701 g/mol. The number of rotatable bonds is 7. The van der Waals surface area contributed by atoms with Crippen molar-refractivity contribution in [3.8, 4) is 89.3 Å². The van der Waals surface area contributed by atoms with Crippen molar-refractivity contribution in [1.29, 1.82) is 0 Å². The quantitative estimate of drug-likeness (QED) is 0.163. The lowest BCUT2D eigenvalue weighted by Crippen LogP contribution is -2.07. The van der Waals surface area contributed by atoms with Gasteiger partial charge in [0.2, 0.25) is 0 Å². The number of hydrogen-bond acceptors (Lipinski definition) is 2. The van der Waals surface area contributed by atoms with Crippen LogP contribution < -0.4 is 0 Å². The molecule has 2 aliphatic carbocycles. The molecule has 0 atom stereocenters. The fourth-order valence-electron chi connectivity index (χ4n) is 9.89. The van der Waals surface area contributed by atoms with E-state index in [1.165, 1.54) is 88.3 Å². The number of aryl methyl sites for hydroxylation is 2. The Balaban J connectivity index is 1.13. The molecule has 0 saturated heterocycles. The molecule has 0 saturated carbocycles. The van der Waals surface area contributed by atoms with Crippen molar-refractivity contribution >= 4 is 21.5 Å². The van der Waals surface area contributed by atoms with Gasteiger partial charge in [-0.05, 0) is 67.8 Å². The molecule has 2 heterocycles. The van der Waals surface area contributed by atoms with E-state index in [1.807, 2.05) is 0 Å². The molecule has 0 bridgehead atoms. The second-order valence-corrected chi connectivity index (χ2v) is 15.4. The van der Waals surface area contributed by atoms with Crippen LogP contribution in [0.25, 0.3) is 111 Å². The number of hydrogen-bond donors (Lipinski definition) is 0. The Morgan fingerprint density at radius 2 is 0.569 bits per heavy atom. The average Bonchev–Trinajstić information content (AvgIpc) is 3.81. The predicted octanol–water partition coefficient (Wildman–Crippen LogP) is 14.5. The van der Waals surface area contributed by atoms with Gasteiger partial charge in [-0.15, -0.1) is 0 Å². The molecule has 2 aliphatic rings. The maximum Gasteiger partial charge on any atom is 0.0790 e.